The Morgan fingerprint density at radius 2 is 1.83 bits per heavy atom. The lowest BCUT2D eigenvalue weighted by molar-refractivity contribution is 0.0698. The Bertz CT molecular complexity index is 1800. The highest BCUT2D eigenvalue weighted by atomic mass is 32.2. The molecule has 0 spiro atoms. The van der Waals surface area contributed by atoms with Gasteiger partial charge in [-0.1, -0.05) is 0 Å². The van der Waals surface area contributed by atoms with Crippen molar-refractivity contribution in [2.45, 2.75) is 52.4 Å². The molecule has 2 aliphatic rings. The van der Waals surface area contributed by atoms with Crippen LogP contribution < -0.4 is 15.8 Å². The monoisotopic (exact) mass is 576 g/mol. The molecule has 41 heavy (non-hydrogen) atoms. The van der Waals surface area contributed by atoms with Crippen LogP contribution in [0, 0.1) is 19.8 Å². The van der Waals surface area contributed by atoms with Crippen molar-refractivity contribution in [3.63, 3.8) is 0 Å². The number of nitrogen functional groups attached to an aromatic ring is 1. The van der Waals surface area contributed by atoms with Crippen LogP contribution in [-0.4, -0.2) is 56.2 Å². The first-order valence-corrected chi connectivity index (χ1v) is 15.3. The molecule has 1 aliphatic carbocycles. The molecule has 0 bridgehead atoms. The van der Waals surface area contributed by atoms with E-state index in [1.165, 1.54) is 4.52 Å². The zero-order valence-electron chi connectivity index (χ0n) is 23.2. The van der Waals surface area contributed by atoms with Gasteiger partial charge in [0.05, 0.1) is 28.8 Å². The van der Waals surface area contributed by atoms with Crippen molar-refractivity contribution in [1.82, 2.24) is 24.5 Å². The number of anilines is 3. The van der Waals surface area contributed by atoms with Gasteiger partial charge in [-0.15, -0.1) is 5.10 Å². The van der Waals surface area contributed by atoms with Gasteiger partial charge in [-0.05, 0) is 75.4 Å². The summed E-state index contributed by atoms with van der Waals surface area (Å²) in [6, 6.07) is 8.91. The highest BCUT2D eigenvalue weighted by molar-refractivity contribution is 7.92. The van der Waals surface area contributed by atoms with Crippen molar-refractivity contribution in [1.29, 1.82) is 0 Å². The van der Waals surface area contributed by atoms with Gasteiger partial charge in [0.2, 0.25) is 10.0 Å². The Hall–Kier alpha value is -4.23. The Kier molecular flexibility index (Phi) is 6.38. The first kappa shape index (κ1) is 27.0. The minimum atomic E-state index is -3.67. The van der Waals surface area contributed by atoms with Crippen LogP contribution in [0.4, 0.5) is 17.2 Å². The van der Waals surface area contributed by atoms with E-state index in [0.29, 0.717) is 46.2 Å². The van der Waals surface area contributed by atoms with Crippen LogP contribution in [0.15, 0.2) is 36.5 Å². The maximum atomic E-state index is 13.4. The van der Waals surface area contributed by atoms with Crippen molar-refractivity contribution in [3.05, 3.63) is 64.6 Å². The number of hydrogen-bond acceptors (Lipinski definition) is 9. The van der Waals surface area contributed by atoms with Gasteiger partial charge in [-0.3, -0.25) is 14.5 Å². The second-order valence-electron chi connectivity index (χ2n) is 11.0. The summed E-state index contributed by atoms with van der Waals surface area (Å²) < 4.78 is 28.5. The summed E-state index contributed by atoms with van der Waals surface area (Å²) in [5.74, 6) is 0.400. The van der Waals surface area contributed by atoms with E-state index in [2.05, 4.69) is 20.1 Å². The second-order valence-corrected chi connectivity index (χ2v) is 12.8. The molecular formula is C28H32N8O4S. The van der Waals surface area contributed by atoms with Gasteiger partial charge in [0.15, 0.2) is 17.7 Å². The first-order chi connectivity index (χ1) is 19.4. The van der Waals surface area contributed by atoms with Crippen LogP contribution >= 0.6 is 0 Å². The number of hydrogen-bond donors (Lipinski definition) is 4. The maximum Gasteiger partial charge on any atom is 0.256 e. The number of rotatable bonds is 8. The topological polar surface area (TPSA) is 168 Å². The number of aliphatic hydroxyl groups excluding tert-OH is 1. The lowest BCUT2D eigenvalue weighted by Gasteiger charge is -2.24. The number of amides is 1. The normalized spacial score (nSPS) is 16.6. The van der Waals surface area contributed by atoms with Crippen LogP contribution in [0.5, 0.6) is 0 Å². The molecular weight excluding hydrogens is 544 g/mol. The van der Waals surface area contributed by atoms with Gasteiger partial charge < -0.3 is 21.1 Å². The lowest BCUT2D eigenvalue weighted by Crippen LogP contribution is -2.34. The fourth-order valence-electron chi connectivity index (χ4n) is 5.60. The molecule has 12 nitrogen and oxygen atoms in total. The molecule has 1 amide bonds. The smallest absolute Gasteiger partial charge is 0.256 e. The van der Waals surface area contributed by atoms with Crippen LogP contribution in [-0.2, 0) is 16.6 Å². The van der Waals surface area contributed by atoms with E-state index in [4.69, 9.17) is 10.7 Å². The quantitative estimate of drug-likeness (QED) is 0.230. The zero-order chi connectivity index (χ0) is 29.2. The van der Waals surface area contributed by atoms with E-state index in [0.717, 1.165) is 36.0 Å². The van der Waals surface area contributed by atoms with Crippen molar-refractivity contribution < 1.29 is 18.3 Å². The van der Waals surface area contributed by atoms with E-state index in [9.17, 15) is 18.3 Å². The van der Waals surface area contributed by atoms with Crippen LogP contribution in [0.2, 0.25) is 0 Å². The summed E-state index contributed by atoms with van der Waals surface area (Å²) in [4.78, 5) is 24.4. The summed E-state index contributed by atoms with van der Waals surface area (Å²) in [6.45, 7) is 6.16. The number of aliphatic hydroxyl groups is 1. The molecule has 5 N–H and O–H groups in total. The fraction of sp³-hybridized carbons (Fsp3) is 0.357. The predicted octanol–water partition coefficient (Wildman–Crippen LogP) is 3.22. The zero-order valence-corrected chi connectivity index (χ0v) is 24.0. The Morgan fingerprint density at radius 1 is 1.12 bits per heavy atom. The Labute approximate surface area is 237 Å². The third-order valence-corrected chi connectivity index (χ3v) is 8.22. The van der Waals surface area contributed by atoms with Crippen LogP contribution in [0.25, 0.3) is 16.9 Å². The van der Waals surface area contributed by atoms with Crippen LogP contribution in [0.1, 0.15) is 58.9 Å². The van der Waals surface area contributed by atoms with Crippen LogP contribution in [0.3, 0.4) is 0 Å². The fourth-order valence-corrected chi connectivity index (χ4v) is 6.16. The standard InChI is InChI=1S/C28H32N8O4S/c1-14-9-20(10-15(2)30-14)31-27(37)24-25(29)33-36-8-7-21(32-26(24)36)18-11-19-13-35(16(3)17-5-6-17)28(38)23(19)22(12-18)34-41(4,39)40/h7-12,16-17,27,34,37H,5-6,13H2,1-4H3,(H2,29,33)(H,30,31)/t16-,27?/m0/s1. The number of carbonyl (C=O) groups excluding carboxylic acids is 1. The largest absolute Gasteiger partial charge is 0.382 e. The number of sulfonamides is 1. The van der Waals surface area contributed by atoms with E-state index in [-0.39, 0.29) is 23.5 Å². The lowest BCUT2D eigenvalue weighted by atomic mass is 10.0. The predicted molar refractivity (Wildman–Crippen MR) is 156 cm³/mol. The summed E-state index contributed by atoms with van der Waals surface area (Å²) in [5, 5.41) is 18.5. The first-order valence-electron chi connectivity index (χ1n) is 13.4. The molecule has 1 unspecified atom stereocenters. The second kappa shape index (κ2) is 9.70. The molecule has 6 rings (SSSR count). The van der Waals surface area contributed by atoms with Gasteiger partial charge in [-0.25, -0.2) is 17.9 Å². The number of nitrogens with two attached hydrogens (primary N) is 1. The van der Waals surface area contributed by atoms with E-state index < -0.39 is 16.3 Å². The van der Waals surface area contributed by atoms with Crippen molar-refractivity contribution in [2.75, 3.05) is 22.0 Å². The molecule has 1 aromatic carbocycles. The van der Waals surface area contributed by atoms with E-state index in [1.807, 2.05) is 43.9 Å². The van der Waals surface area contributed by atoms with E-state index in [1.54, 1.807) is 18.3 Å². The SMILES string of the molecule is Cc1cc(NC(O)c2c(N)nn3ccc(-c4cc5c(c(NS(C)(=O)=O)c4)C(=O)N([C@@H](C)C4CC4)C5)nc23)cc(C)n1. The molecule has 1 saturated carbocycles. The minimum Gasteiger partial charge on any atom is -0.382 e. The van der Waals surface area contributed by atoms with E-state index >= 15 is 0 Å². The average Bonchev–Trinajstić information content (AvgIpc) is 3.59. The number of fused-ring (bicyclic) bond motifs is 2. The summed E-state index contributed by atoms with van der Waals surface area (Å²) in [5.41, 5.74) is 11.5. The number of carbonyl (C=O) groups is 1. The molecule has 4 heterocycles. The molecule has 1 aliphatic heterocycles. The Morgan fingerprint density at radius 3 is 2.49 bits per heavy atom. The summed E-state index contributed by atoms with van der Waals surface area (Å²) >= 11 is 0. The summed E-state index contributed by atoms with van der Waals surface area (Å²) in [6.07, 6.45) is 3.69. The minimum absolute atomic E-state index is 0.0678. The molecule has 0 radical (unpaired) electrons. The molecule has 2 atom stereocenters. The number of nitrogens with one attached hydrogen (secondary N) is 2. The molecule has 1 fully saturated rings. The number of nitrogens with zero attached hydrogens (tertiary/aromatic N) is 5. The summed E-state index contributed by atoms with van der Waals surface area (Å²) in [7, 11) is -3.67. The highest BCUT2D eigenvalue weighted by Gasteiger charge is 2.40. The van der Waals surface area contributed by atoms with Crippen molar-refractivity contribution in [3.8, 4) is 11.3 Å². The van der Waals surface area contributed by atoms with Gasteiger partial charge in [0.1, 0.15) is 0 Å². The molecule has 0 saturated heterocycles. The third-order valence-electron chi connectivity index (χ3n) is 7.63. The number of pyridine rings is 1. The van der Waals surface area contributed by atoms with Gasteiger partial charge in [0, 0.05) is 41.4 Å². The highest BCUT2D eigenvalue weighted by Crippen LogP contribution is 2.41. The third kappa shape index (κ3) is 5.18. The maximum absolute atomic E-state index is 13.4. The van der Waals surface area contributed by atoms with Gasteiger partial charge in [-0.2, -0.15) is 0 Å². The van der Waals surface area contributed by atoms with Gasteiger partial charge >= 0.3 is 0 Å². The molecule has 13 heteroatoms. The molecule has 4 aromatic rings. The number of benzene rings is 1. The van der Waals surface area contributed by atoms with Gasteiger partial charge in [0.25, 0.3) is 5.91 Å². The van der Waals surface area contributed by atoms with Crippen molar-refractivity contribution >= 4 is 38.8 Å². The number of aromatic nitrogens is 4. The van der Waals surface area contributed by atoms with Crippen molar-refractivity contribution in [2.24, 2.45) is 5.92 Å². The average molecular weight is 577 g/mol. The molecule has 214 valence electrons. The molecule has 3 aromatic heterocycles. The Balaban J connectivity index is 1.41. The number of aryl methyl sites for hydroxylation is 2.